The molecule has 0 saturated carbocycles. The molecule has 1 amide bonds. The summed E-state index contributed by atoms with van der Waals surface area (Å²) in [5, 5.41) is 3.26. The quantitative estimate of drug-likeness (QED) is 0.347. The molecule has 2 aromatic heterocycles. The lowest BCUT2D eigenvalue weighted by molar-refractivity contribution is -0.114. The molecule has 32 heavy (non-hydrogen) atoms. The van der Waals surface area contributed by atoms with Crippen LogP contribution >= 0.6 is 0 Å². The minimum absolute atomic E-state index is 0.204. The van der Waals surface area contributed by atoms with E-state index in [2.05, 4.69) is 10.3 Å². The molecule has 4 rings (SSSR count). The number of hydrogen-bond acceptors (Lipinski definition) is 6. The van der Waals surface area contributed by atoms with Gasteiger partial charge in [-0.1, -0.05) is 18.2 Å². The first kappa shape index (κ1) is 21.0. The van der Waals surface area contributed by atoms with Crippen molar-refractivity contribution in [1.29, 1.82) is 0 Å². The summed E-state index contributed by atoms with van der Waals surface area (Å²) in [6.07, 6.45) is 0.524. The Bertz CT molecular complexity index is 1290. The zero-order valence-corrected chi connectivity index (χ0v) is 17.5. The number of ketones is 1. The second-order valence-electron chi connectivity index (χ2n) is 7.22. The van der Waals surface area contributed by atoms with Gasteiger partial charge in [0.05, 0.1) is 17.3 Å². The van der Waals surface area contributed by atoms with Crippen LogP contribution in [0.25, 0.3) is 22.4 Å². The van der Waals surface area contributed by atoms with E-state index in [1.165, 1.54) is 20.1 Å². The maximum absolute atomic E-state index is 13.0. The van der Waals surface area contributed by atoms with Crippen molar-refractivity contribution in [3.63, 3.8) is 0 Å². The first-order valence-corrected chi connectivity index (χ1v) is 9.99. The van der Waals surface area contributed by atoms with E-state index >= 15 is 0 Å². The molecule has 0 bridgehead atoms. The van der Waals surface area contributed by atoms with E-state index in [4.69, 9.17) is 9.15 Å². The monoisotopic (exact) mass is 428 g/mol. The first-order valence-electron chi connectivity index (χ1n) is 9.99. The van der Waals surface area contributed by atoms with Crippen LogP contribution in [0.2, 0.25) is 0 Å². The summed E-state index contributed by atoms with van der Waals surface area (Å²) in [7, 11) is 0. The van der Waals surface area contributed by atoms with E-state index in [9.17, 15) is 14.4 Å². The molecule has 0 aliphatic heterocycles. The fourth-order valence-electron chi connectivity index (χ4n) is 3.33. The number of para-hydroxylation sites is 1. The van der Waals surface area contributed by atoms with Gasteiger partial charge in [-0.15, -0.1) is 0 Å². The number of rotatable bonds is 6. The van der Waals surface area contributed by atoms with Gasteiger partial charge in [-0.25, -0.2) is 9.78 Å². The van der Waals surface area contributed by atoms with Gasteiger partial charge in [0.2, 0.25) is 11.7 Å². The molecule has 2 aromatic carbocycles. The van der Waals surface area contributed by atoms with E-state index in [1.54, 1.807) is 60.7 Å². The number of ether oxygens (including phenoxy) is 1. The van der Waals surface area contributed by atoms with E-state index < -0.39 is 12.1 Å². The molecule has 0 saturated heterocycles. The van der Waals surface area contributed by atoms with E-state index in [0.29, 0.717) is 39.2 Å². The largest absolute Gasteiger partial charge is 0.463 e. The molecule has 0 spiro atoms. The minimum atomic E-state index is -1.01. The summed E-state index contributed by atoms with van der Waals surface area (Å²) in [5.41, 5.74) is 2.35. The van der Waals surface area contributed by atoms with Crippen molar-refractivity contribution in [2.45, 2.75) is 20.0 Å². The molecule has 2 heterocycles. The Kier molecular flexibility index (Phi) is 5.81. The molecule has 1 N–H and O–H groups in total. The van der Waals surface area contributed by atoms with Crippen molar-refractivity contribution >= 4 is 34.3 Å². The molecule has 7 nitrogen and oxygen atoms in total. The summed E-state index contributed by atoms with van der Waals surface area (Å²) in [5.74, 6) is -0.664. The van der Waals surface area contributed by atoms with Gasteiger partial charge in [-0.3, -0.25) is 9.59 Å². The number of anilines is 1. The van der Waals surface area contributed by atoms with Gasteiger partial charge in [0.1, 0.15) is 5.69 Å². The molecule has 0 aliphatic rings. The number of aromatic nitrogens is 1. The normalized spacial score (nSPS) is 11.7. The second-order valence-corrected chi connectivity index (χ2v) is 7.22. The van der Waals surface area contributed by atoms with Crippen LogP contribution in [-0.2, 0) is 9.53 Å². The Morgan fingerprint density at radius 2 is 1.75 bits per heavy atom. The molecule has 4 aromatic rings. The smallest absolute Gasteiger partial charge is 0.339 e. The number of nitrogens with one attached hydrogen (secondary N) is 1. The number of furan rings is 1. The van der Waals surface area contributed by atoms with Crippen molar-refractivity contribution in [3.8, 4) is 11.5 Å². The Balaban J connectivity index is 1.58. The van der Waals surface area contributed by atoms with Gasteiger partial charge in [-0.2, -0.15) is 0 Å². The highest BCUT2D eigenvalue weighted by Crippen LogP contribution is 2.26. The standard InChI is InChI=1S/C25H20N2O5/c1-15(24(29)17-9-11-18(12-10-17)26-16(2)28)32-25(30)20-14-22(23-8-5-13-31-23)27-21-7-4-3-6-19(20)21/h3-15H,1-2H3,(H,26,28). The van der Waals surface area contributed by atoms with Crippen LogP contribution in [0.15, 0.2) is 77.4 Å². The van der Waals surface area contributed by atoms with Crippen LogP contribution in [-0.4, -0.2) is 28.7 Å². The lowest BCUT2D eigenvalue weighted by Crippen LogP contribution is -2.24. The molecule has 0 fully saturated rings. The third-order valence-corrected chi connectivity index (χ3v) is 4.85. The Morgan fingerprint density at radius 1 is 1.00 bits per heavy atom. The van der Waals surface area contributed by atoms with Gasteiger partial charge in [0.15, 0.2) is 11.9 Å². The summed E-state index contributed by atoms with van der Waals surface area (Å²) >= 11 is 0. The third kappa shape index (κ3) is 4.41. The molecule has 0 radical (unpaired) electrons. The van der Waals surface area contributed by atoms with Gasteiger partial charge in [0, 0.05) is 23.6 Å². The number of pyridine rings is 1. The van der Waals surface area contributed by atoms with Crippen molar-refractivity contribution in [2.75, 3.05) is 5.32 Å². The SMILES string of the molecule is CC(=O)Nc1ccc(C(=O)C(C)OC(=O)c2cc(-c3ccco3)nc3ccccc23)cc1. The predicted molar refractivity (Wildman–Crippen MR) is 119 cm³/mol. The number of Topliss-reactive ketones (excluding diaryl/α,β-unsaturated/α-hetero) is 1. The highest BCUT2D eigenvalue weighted by molar-refractivity contribution is 6.06. The van der Waals surface area contributed by atoms with Crippen LogP contribution < -0.4 is 5.32 Å². The predicted octanol–water partition coefficient (Wildman–Crippen LogP) is 4.88. The number of hydrogen-bond donors (Lipinski definition) is 1. The summed E-state index contributed by atoms with van der Waals surface area (Å²) in [4.78, 5) is 41.5. The average molecular weight is 428 g/mol. The highest BCUT2D eigenvalue weighted by atomic mass is 16.5. The number of carbonyl (C=O) groups excluding carboxylic acids is 3. The van der Waals surface area contributed by atoms with E-state index in [1.807, 2.05) is 6.07 Å². The van der Waals surface area contributed by atoms with E-state index in [-0.39, 0.29) is 11.7 Å². The van der Waals surface area contributed by atoms with Crippen LogP contribution in [0.3, 0.4) is 0 Å². The average Bonchev–Trinajstić information content (AvgIpc) is 3.33. The van der Waals surface area contributed by atoms with E-state index in [0.717, 1.165) is 0 Å². The van der Waals surface area contributed by atoms with Crippen LogP contribution in [0.5, 0.6) is 0 Å². The third-order valence-electron chi connectivity index (χ3n) is 4.85. The lowest BCUT2D eigenvalue weighted by Gasteiger charge is -2.14. The Labute approximate surface area is 184 Å². The molecule has 0 aliphatic carbocycles. The van der Waals surface area contributed by atoms with Gasteiger partial charge >= 0.3 is 5.97 Å². The van der Waals surface area contributed by atoms with Crippen molar-refractivity contribution < 1.29 is 23.5 Å². The zero-order valence-electron chi connectivity index (χ0n) is 17.5. The molecule has 7 heteroatoms. The van der Waals surface area contributed by atoms with Crippen molar-refractivity contribution in [3.05, 3.63) is 84.1 Å². The summed E-state index contributed by atoms with van der Waals surface area (Å²) < 4.78 is 10.9. The molecule has 1 atom stereocenters. The number of carbonyl (C=O) groups is 3. The first-order chi connectivity index (χ1) is 15.4. The topological polar surface area (TPSA) is 98.5 Å². The summed E-state index contributed by atoms with van der Waals surface area (Å²) in [6, 6.07) is 18.7. The number of esters is 1. The fourth-order valence-corrected chi connectivity index (χ4v) is 3.33. The van der Waals surface area contributed by atoms with Crippen LogP contribution in [0.1, 0.15) is 34.6 Å². The van der Waals surface area contributed by atoms with Gasteiger partial charge in [-0.05, 0) is 55.5 Å². The van der Waals surface area contributed by atoms with Crippen LogP contribution in [0, 0.1) is 0 Å². The Hall–Kier alpha value is -4.26. The van der Waals surface area contributed by atoms with Crippen molar-refractivity contribution in [1.82, 2.24) is 4.98 Å². The number of amides is 1. The Morgan fingerprint density at radius 3 is 2.44 bits per heavy atom. The molecule has 160 valence electrons. The van der Waals surface area contributed by atoms with Gasteiger partial charge in [0.25, 0.3) is 0 Å². The molecular formula is C25H20N2O5. The lowest BCUT2D eigenvalue weighted by atomic mass is 10.1. The summed E-state index contributed by atoms with van der Waals surface area (Å²) in [6.45, 7) is 2.93. The molecular weight excluding hydrogens is 408 g/mol. The van der Waals surface area contributed by atoms with Crippen molar-refractivity contribution in [2.24, 2.45) is 0 Å². The molecule has 1 unspecified atom stereocenters. The maximum Gasteiger partial charge on any atom is 0.339 e. The fraction of sp³-hybridized carbons (Fsp3) is 0.120. The number of benzene rings is 2. The van der Waals surface area contributed by atoms with Gasteiger partial charge < -0.3 is 14.5 Å². The highest BCUT2D eigenvalue weighted by Gasteiger charge is 2.23. The zero-order chi connectivity index (χ0) is 22.7. The second kappa shape index (κ2) is 8.85. The maximum atomic E-state index is 13.0. The number of nitrogens with zero attached hydrogens (tertiary/aromatic N) is 1. The minimum Gasteiger partial charge on any atom is -0.463 e. The number of fused-ring (bicyclic) bond motifs is 1. The van der Waals surface area contributed by atoms with Crippen LogP contribution in [0.4, 0.5) is 5.69 Å².